The van der Waals surface area contributed by atoms with Gasteiger partial charge in [-0.2, -0.15) is 0 Å². The molecule has 2 N–H and O–H groups in total. The van der Waals surface area contributed by atoms with Crippen LogP contribution in [0.4, 0.5) is 0 Å². The smallest absolute Gasteiger partial charge is 0.0761 e. The van der Waals surface area contributed by atoms with Gasteiger partial charge < -0.3 is 10.2 Å². The van der Waals surface area contributed by atoms with Gasteiger partial charge in [-0.1, -0.05) is 59.5 Å². The van der Waals surface area contributed by atoms with Gasteiger partial charge in [-0.05, 0) is 97.4 Å². The van der Waals surface area contributed by atoms with Crippen molar-refractivity contribution in [1.29, 1.82) is 0 Å². The van der Waals surface area contributed by atoms with Crippen molar-refractivity contribution in [2.75, 3.05) is 0 Å². The van der Waals surface area contributed by atoms with E-state index >= 15 is 0 Å². The van der Waals surface area contributed by atoms with E-state index < -0.39 is 0 Å². The van der Waals surface area contributed by atoms with Gasteiger partial charge in [0.25, 0.3) is 0 Å². The van der Waals surface area contributed by atoms with Crippen LogP contribution in [0.25, 0.3) is 0 Å². The second-order valence-electron chi connectivity index (χ2n) is 12.3. The Kier molecular flexibility index (Phi) is 6.01. The topological polar surface area (TPSA) is 40.5 Å². The lowest BCUT2D eigenvalue weighted by atomic mass is 9.48. The third kappa shape index (κ3) is 3.65. The highest BCUT2D eigenvalue weighted by molar-refractivity contribution is 5.37. The Balaban J connectivity index is 1.58. The number of hydrogen-bond donors (Lipinski definition) is 2. The van der Waals surface area contributed by atoms with Crippen LogP contribution in [0.2, 0.25) is 0 Å². The van der Waals surface area contributed by atoms with Crippen LogP contribution in [-0.4, -0.2) is 22.4 Å². The fourth-order valence-corrected chi connectivity index (χ4v) is 8.49. The van der Waals surface area contributed by atoms with E-state index in [0.29, 0.717) is 29.1 Å². The summed E-state index contributed by atoms with van der Waals surface area (Å²) in [5.41, 5.74) is 3.72. The summed E-state index contributed by atoms with van der Waals surface area (Å²) in [7, 11) is 0. The molecular weight excluding hydrogens is 356 g/mol. The molecule has 2 heteroatoms. The molecule has 0 saturated heterocycles. The molecule has 0 spiro atoms. The van der Waals surface area contributed by atoms with E-state index in [0.717, 1.165) is 25.2 Å². The van der Waals surface area contributed by atoms with Crippen molar-refractivity contribution in [2.45, 2.75) is 117 Å². The second kappa shape index (κ2) is 7.97. The van der Waals surface area contributed by atoms with Gasteiger partial charge in [0.2, 0.25) is 0 Å². The van der Waals surface area contributed by atoms with Gasteiger partial charge >= 0.3 is 0 Å². The molecule has 0 aromatic carbocycles. The fraction of sp³-hybridized carbons (Fsp3) is 0.926. The maximum absolute atomic E-state index is 11.3. The van der Waals surface area contributed by atoms with Crippen molar-refractivity contribution in [1.82, 2.24) is 0 Å². The van der Waals surface area contributed by atoms with Crippen LogP contribution in [0.3, 0.4) is 0 Å². The minimum Gasteiger partial charge on any atom is -0.393 e. The average molecular weight is 403 g/mol. The Morgan fingerprint density at radius 2 is 1.72 bits per heavy atom. The van der Waals surface area contributed by atoms with Gasteiger partial charge in [-0.3, -0.25) is 0 Å². The van der Waals surface area contributed by atoms with Gasteiger partial charge in [0, 0.05) is 0 Å². The maximum Gasteiger partial charge on any atom is 0.0761 e. The van der Waals surface area contributed by atoms with Gasteiger partial charge in [0.05, 0.1) is 12.2 Å². The van der Waals surface area contributed by atoms with Gasteiger partial charge in [-0.15, -0.1) is 0 Å². The molecule has 8 atom stereocenters. The summed E-state index contributed by atoms with van der Waals surface area (Å²) in [4.78, 5) is 0. The number of aliphatic hydroxyl groups is 2. The molecule has 29 heavy (non-hydrogen) atoms. The molecule has 4 rings (SSSR count). The Labute approximate surface area is 179 Å². The summed E-state index contributed by atoms with van der Waals surface area (Å²) in [6.07, 6.45) is 12.8. The molecule has 3 fully saturated rings. The number of allylic oxidation sites excluding steroid dienone is 1. The molecule has 0 heterocycles. The first-order valence-electron chi connectivity index (χ1n) is 12.8. The number of fused-ring (bicyclic) bond motifs is 4. The van der Waals surface area contributed by atoms with Crippen LogP contribution < -0.4 is 0 Å². The van der Waals surface area contributed by atoms with E-state index in [1.807, 2.05) is 0 Å². The SMILES string of the molecule is CC(C)CCC[C@@H](C)[C@H]1CC(O)C2=C3CC[C@H]4C[C@@H](O)CC[C@]4(C)[C@H]3CC[C@@]21C. The zero-order chi connectivity index (χ0) is 21.0. The molecule has 4 aliphatic rings. The van der Waals surface area contributed by atoms with E-state index in [1.54, 1.807) is 5.57 Å². The van der Waals surface area contributed by atoms with Crippen molar-refractivity contribution in [3.8, 4) is 0 Å². The Morgan fingerprint density at radius 3 is 2.45 bits per heavy atom. The Morgan fingerprint density at radius 1 is 0.966 bits per heavy atom. The third-order valence-corrected chi connectivity index (χ3v) is 10.2. The van der Waals surface area contributed by atoms with Gasteiger partial charge in [-0.25, -0.2) is 0 Å². The minimum atomic E-state index is -0.204. The highest BCUT2D eigenvalue weighted by Gasteiger charge is 2.57. The molecule has 0 aromatic heterocycles. The van der Waals surface area contributed by atoms with Crippen molar-refractivity contribution in [3.05, 3.63) is 11.1 Å². The zero-order valence-electron chi connectivity index (χ0n) is 19.7. The van der Waals surface area contributed by atoms with Crippen LogP contribution in [0.1, 0.15) is 105 Å². The highest BCUT2D eigenvalue weighted by atomic mass is 16.3. The van der Waals surface area contributed by atoms with E-state index in [1.165, 1.54) is 56.9 Å². The molecule has 0 bridgehead atoms. The van der Waals surface area contributed by atoms with E-state index in [9.17, 15) is 10.2 Å². The first kappa shape index (κ1) is 21.9. The summed E-state index contributed by atoms with van der Waals surface area (Å²) >= 11 is 0. The number of rotatable bonds is 5. The van der Waals surface area contributed by atoms with Crippen molar-refractivity contribution in [3.63, 3.8) is 0 Å². The largest absolute Gasteiger partial charge is 0.393 e. The summed E-state index contributed by atoms with van der Waals surface area (Å²) in [5.74, 6) is 3.48. The molecule has 166 valence electrons. The molecule has 3 saturated carbocycles. The summed E-state index contributed by atoms with van der Waals surface area (Å²) in [6, 6.07) is 0. The van der Waals surface area contributed by atoms with Crippen molar-refractivity contribution < 1.29 is 10.2 Å². The monoisotopic (exact) mass is 402 g/mol. The molecule has 0 amide bonds. The van der Waals surface area contributed by atoms with E-state index in [-0.39, 0.29) is 17.6 Å². The van der Waals surface area contributed by atoms with Crippen LogP contribution in [0.15, 0.2) is 11.1 Å². The van der Waals surface area contributed by atoms with Crippen molar-refractivity contribution >= 4 is 0 Å². The normalized spacial score (nSPS) is 45.7. The number of hydrogen-bond acceptors (Lipinski definition) is 2. The van der Waals surface area contributed by atoms with Crippen LogP contribution in [0.5, 0.6) is 0 Å². The maximum atomic E-state index is 11.3. The third-order valence-electron chi connectivity index (χ3n) is 10.2. The van der Waals surface area contributed by atoms with Crippen LogP contribution in [0, 0.1) is 40.4 Å². The predicted octanol–water partition coefficient (Wildman–Crippen LogP) is 6.50. The van der Waals surface area contributed by atoms with E-state index in [4.69, 9.17) is 0 Å². The second-order valence-corrected chi connectivity index (χ2v) is 12.3. The van der Waals surface area contributed by atoms with Crippen LogP contribution in [-0.2, 0) is 0 Å². The molecule has 0 radical (unpaired) electrons. The first-order valence-corrected chi connectivity index (χ1v) is 12.8. The summed E-state index contributed by atoms with van der Waals surface area (Å²) in [5, 5.41) is 21.5. The molecule has 1 unspecified atom stereocenters. The zero-order valence-corrected chi connectivity index (χ0v) is 19.7. The van der Waals surface area contributed by atoms with Gasteiger partial charge in [0.15, 0.2) is 0 Å². The molecule has 0 aromatic rings. The van der Waals surface area contributed by atoms with Crippen molar-refractivity contribution in [2.24, 2.45) is 40.4 Å². The first-order chi connectivity index (χ1) is 13.7. The Hall–Kier alpha value is -0.340. The fourth-order valence-electron chi connectivity index (χ4n) is 8.49. The van der Waals surface area contributed by atoms with Gasteiger partial charge in [0.1, 0.15) is 0 Å². The lowest BCUT2D eigenvalue weighted by Gasteiger charge is -2.56. The number of aliphatic hydroxyl groups excluding tert-OH is 2. The lowest BCUT2D eigenvalue weighted by molar-refractivity contribution is -0.0386. The molecule has 0 aliphatic heterocycles. The lowest BCUT2D eigenvalue weighted by Crippen LogP contribution is -2.48. The highest BCUT2D eigenvalue weighted by Crippen LogP contribution is 2.65. The Bertz CT molecular complexity index is 636. The molecular formula is C27H46O2. The predicted molar refractivity (Wildman–Crippen MR) is 121 cm³/mol. The molecule has 4 aliphatic carbocycles. The summed E-state index contributed by atoms with van der Waals surface area (Å²) < 4.78 is 0. The minimum absolute atomic E-state index is 0.0794. The standard InChI is InChI=1S/C27H46O2/c1-17(2)7-6-8-18(3)23-16-24(29)25-21-10-9-19-15-20(28)11-13-26(19,4)22(21)12-14-27(23,25)5/h17-20,22-24,28-29H,6-16H2,1-5H3/t18-,19+,20+,22+,23-,24?,26+,27-/m1/s1. The molecule has 2 nitrogen and oxygen atoms in total. The van der Waals surface area contributed by atoms with E-state index in [2.05, 4.69) is 34.6 Å². The summed E-state index contributed by atoms with van der Waals surface area (Å²) in [6.45, 7) is 12.1. The quantitative estimate of drug-likeness (QED) is 0.515. The average Bonchev–Trinajstić information content (AvgIpc) is 2.93. The van der Waals surface area contributed by atoms with Crippen LogP contribution >= 0.6 is 0 Å².